The second kappa shape index (κ2) is 5.28. The topological polar surface area (TPSA) is 12.0 Å². The monoisotopic (exact) mass is 187 g/mol. The Morgan fingerprint density at radius 2 is 2.07 bits per heavy atom. The fraction of sp³-hybridized carbons (Fsp3) is 0.231. The van der Waals surface area contributed by atoms with Crippen molar-refractivity contribution in [2.75, 3.05) is 0 Å². The number of rotatable bonds is 5. The van der Waals surface area contributed by atoms with Gasteiger partial charge in [0.25, 0.3) is 0 Å². The van der Waals surface area contributed by atoms with E-state index < -0.39 is 0 Å². The normalized spacial score (nSPS) is 11.8. The van der Waals surface area contributed by atoms with Crippen LogP contribution < -0.4 is 5.32 Å². The molecule has 1 atom stereocenters. The molecule has 0 saturated heterocycles. The SMILES string of the molecule is C=CCC(C)NC(=C)c1ccccc1. The van der Waals surface area contributed by atoms with Crippen molar-refractivity contribution < 1.29 is 0 Å². The van der Waals surface area contributed by atoms with Gasteiger partial charge in [0.2, 0.25) is 0 Å². The van der Waals surface area contributed by atoms with Crippen molar-refractivity contribution in [1.82, 2.24) is 5.32 Å². The summed E-state index contributed by atoms with van der Waals surface area (Å²) in [6.07, 6.45) is 2.86. The third-order valence-corrected chi connectivity index (χ3v) is 2.06. The minimum atomic E-state index is 0.389. The van der Waals surface area contributed by atoms with Gasteiger partial charge in [-0.15, -0.1) is 6.58 Å². The Kier molecular flexibility index (Phi) is 3.99. The molecule has 0 aliphatic carbocycles. The Hall–Kier alpha value is -1.50. The molecule has 0 bridgehead atoms. The maximum Gasteiger partial charge on any atom is 0.0342 e. The predicted molar refractivity (Wildman–Crippen MR) is 62.9 cm³/mol. The molecule has 14 heavy (non-hydrogen) atoms. The van der Waals surface area contributed by atoms with Crippen molar-refractivity contribution in [2.45, 2.75) is 19.4 Å². The lowest BCUT2D eigenvalue weighted by Gasteiger charge is -2.15. The van der Waals surface area contributed by atoms with Gasteiger partial charge in [-0.25, -0.2) is 0 Å². The fourth-order valence-corrected chi connectivity index (χ4v) is 1.33. The van der Waals surface area contributed by atoms with Gasteiger partial charge in [-0.3, -0.25) is 0 Å². The molecule has 1 N–H and O–H groups in total. The van der Waals surface area contributed by atoms with E-state index in [2.05, 4.69) is 37.5 Å². The average Bonchev–Trinajstić information content (AvgIpc) is 2.19. The fourth-order valence-electron chi connectivity index (χ4n) is 1.33. The summed E-state index contributed by atoms with van der Waals surface area (Å²) in [4.78, 5) is 0. The van der Waals surface area contributed by atoms with Crippen LogP contribution in [0.1, 0.15) is 18.9 Å². The van der Waals surface area contributed by atoms with E-state index in [4.69, 9.17) is 0 Å². The molecule has 0 aromatic heterocycles. The minimum absolute atomic E-state index is 0.389. The molecule has 1 rings (SSSR count). The highest BCUT2D eigenvalue weighted by Gasteiger charge is 2.01. The van der Waals surface area contributed by atoms with Gasteiger partial charge in [0.05, 0.1) is 0 Å². The second-order valence-electron chi connectivity index (χ2n) is 3.41. The number of nitrogens with one attached hydrogen (secondary N) is 1. The lowest BCUT2D eigenvalue weighted by atomic mass is 10.1. The molecule has 0 aliphatic rings. The Morgan fingerprint density at radius 3 is 2.64 bits per heavy atom. The molecule has 1 unspecified atom stereocenters. The van der Waals surface area contributed by atoms with E-state index in [9.17, 15) is 0 Å². The number of hydrogen-bond donors (Lipinski definition) is 1. The molecule has 1 heteroatoms. The number of hydrogen-bond acceptors (Lipinski definition) is 1. The zero-order chi connectivity index (χ0) is 10.4. The maximum atomic E-state index is 4.00. The van der Waals surface area contributed by atoms with Gasteiger partial charge in [-0.05, 0) is 18.9 Å². The zero-order valence-electron chi connectivity index (χ0n) is 8.66. The summed E-state index contributed by atoms with van der Waals surface area (Å²) in [5.41, 5.74) is 2.11. The quantitative estimate of drug-likeness (QED) is 0.698. The first-order valence-corrected chi connectivity index (χ1v) is 4.86. The van der Waals surface area contributed by atoms with Crippen LogP contribution in [0, 0.1) is 0 Å². The van der Waals surface area contributed by atoms with E-state index in [1.54, 1.807) is 0 Å². The molecule has 0 fully saturated rings. The van der Waals surface area contributed by atoms with Crippen LogP contribution in [-0.4, -0.2) is 6.04 Å². The van der Waals surface area contributed by atoms with Gasteiger partial charge in [0.1, 0.15) is 0 Å². The van der Waals surface area contributed by atoms with Crippen molar-refractivity contribution >= 4 is 5.70 Å². The second-order valence-corrected chi connectivity index (χ2v) is 3.41. The Balaban J connectivity index is 2.55. The van der Waals surface area contributed by atoms with Gasteiger partial charge < -0.3 is 5.32 Å². The van der Waals surface area contributed by atoms with E-state index in [1.807, 2.05) is 24.3 Å². The highest BCUT2D eigenvalue weighted by atomic mass is 14.9. The van der Waals surface area contributed by atoms with Crippen LogP contribution in [0.4, 0.5) is 0 Å². The van der Waals surface area contributed by atoms with Crippen molar-refractivity contribution in [2.24, 2.45) is 0 Å². The molecule has 1 aromatic rings. The van der Waals surface area contributed by atoms with Crippen molar-refractivity contribution in [3.63, 3.8) is 0 Å². The first-order chi connectivity index (χ1) is 6.74. The molecule has 0 amide bonds. The zero-order valence-corrected chi connectivity index (χ0v) is 8.66. The summed E-state index contributed by atoms with van der Waals surface area (Å²) in [6.45, 7) is 9.83. The highest BCUT2D eigenvalue weighted by Crippen LogP contribution is 2.09. The molecule has 74 valence electrons. The van der Waals surface area contributed by atoms with Crippen LogP contribution in [0.5, 0.6) is 0 Å². The Morgan fingerprint density at radius 1 is 1.43 bits per heavy atom. The highest BCUT2D eigenvalue weighted by molar-refractivity contribution is 5.61. The largest absolute Gasteiger partial charge is 0.382 e. The molecule has 1 aromatic carbocycles. The lowest BCUT2D eigenvalue weighted by molar-refractivity contribution is 0.662. The molecule has 1 nitrogen and oxygen atoms in total. The molecule has 0 radical (unpaired) electrons. The maximum absolute atomic E-state index is 4.00. The molecule has 0 aliphatic heterocycles. The summed E-state index contributed by atoms with van der Waals surface area (Å²) < 4.78 is 0. The van der Waals surface area contributed by atoms with Crippen molar-refractivity contribution in [3.05, 3.63) is 55.1 Å². The van der Waals surface area contributed by atoms with Crippen LogP contribution in [0.3, 0.4) is 0 Å². The molecule has 0 saturated carbocycles. The summed E-state index contributed by atoms with van der Waals surface area (Å²) in [6, 6.07) is 10.5. The van der Waals surface area contributed by atoms with Gasteiger partial charge in [-0.2, -0.15) is 0 Å². The molecular formula is C13H17N. The third kappa shape index (κ3) is 3.09. The van der Waals surface area contributed by atoms with Crippen LogP contribution in [-0.2, 0) is 0 Å². The molecule has 0 spiro atoms. The summed E-state index contributed by atoms with van der Waals surface area (Å²) in [5, 5.41) is 3.33. The van der Waals surface area contributed by atoms with Crippen LogP contribution in [0.2, 0.25) is 0 Å². The Labute approximate surface area is 86.2 Å². The van der Waals surface area contributed by atoms with Crippen LogP contribution in [0.25, 0.3) is 5.70 Å². The predicted octanol–water partition coefficient (Wildman–Crippen LogP) is 3.21. The molecular weight excluding hydrogens is 170 g/mol. The van der Waals surface area contributed by atoms with E-state index in [-0.39, 0.29) is 0 Å². The first-order valence-electron chi connectivity index (χ1n) is 4.86. The van der Waals surface area contributed by atoms with Crippen LogP contribution >= 0.6 is 0 Å². The Bertz CT molecular complexity index is 300. The summed E-state index contributed by atoms with van der Waals surface area (Å²) in [7, 11) is 0. The van der Waals surface area contributed by atoms with Crippen molar-refractivity contribution in [1.29, 1.82) is 0 Å². The van der Waals surface area contributed by atoms with Gasteiger partial charge in [0, 0.05) is 11.7 Å². The van der Waals surface area contributed by atoms with Gasteiger partial charge in [-0.1, -0.05) is 43.0 Å². The van der Waals surface area contributed by atoms with E-state index in [1.165, 1.54) is 0 Å². The summed E-state index contributed by atoms with van der Waals surface area (Å²) in [5.74, 6) is 0. The number of benzene rings is 1. The standard InChI is InChI=1S/C13H17N/c1-4-8-11(2)14-12(3)13-9-6-5-7-10-13/h4-7,9-11,14H,1,3,8H2,2H3. The smallest absolute Gasteiger partial charge is 0.0342 e. The minimum Gasteiger partial charge on any atom is -0.382 e. The lowest BCUT2D eigenvalue weighted by Crippen LogP contribution is -2.23. The van der Waals surface area contributed by atoms with Gasteiger partial charge >= 0.3 is 0 Å². The van der Waals surface area contributed by atoms with Crippen molar-refractivity contribution in [3.8, 4) is 0 Å². The van der Waals surface area contributed by atoms with Crippen LogP contribution in [0.15, 0.2) is 49.6 Å². The van der Waals surface area contributed by atoms with E-state index in [0.717, 1.165) is 17.7 Å². The van der Waals surface area contributed by atoms with Gasteiger partial charge in [0.15, 0.2) is 0 Å². The van der Waals surface area contributed by atoms with E-state index >= 15 is 0 Å². The molecule has 0 heterocycles. The summed E-state index contributed by atoms with van der Waals surface area (Å²) >= 11 is 0. The first kappa shape index (κ1) is 10.6. The third-order valence-electron chi connectivity index (χ3n) is 2.06. The average molecular weight is 187 g/mol. The van der Waals surface area contributed by atoms with E-state index in [0.29, 0.717) is 6.04 Å².